The normalized spacial score (nSPS) is 16.1. The minimum Gasteiger partial charge on any atom is -0.390 e. The van der Waals surface area contributed by atoms with Crippen LogP contribution >= 0.6 is 11.3 Å². The fourth-order valence-electron chi connectivity index (χ4n) is 6.28. The van der Waals surface area contributed by atoms with E-state index in [1.807, 2.05) is 71.0 Å². The molecule has 6 N–H and O–H groups in total. The monoisotopic (exact) mass is 752 g/mol. The molecule has 1 fully saturated rings. The largest absolute Gasteiger partial charge is 0.390 e. The summed E-state index contributed by atoms with van der Waals surface area (Å²) in [4.78, 5) is 31.6. The summed E-state index contributed by atoms with van der Waals surface area (Å²) in [5.74, 6) is -1.35. The van der Waals surface area contributed by atoms with Crippen LogP contribution in [-0.2, 0) is 31.6 Å². The van der Waals surface area contributed by atoms with Gasteiger partial charge in [0.2, 0.25) is 21.8 Å². The SMILES string of the molecule is CC(C)CN(CC(O)C(Cc1ccccc1)NC(=O)C(NC(=O)CNC1(c2cccc(F)c2)CC1)C(C)(C)C)S(=O)(=O)c1ccc2nc(N)sc2c1. The zero-order valence-corrected chi connectivity index (χ0v) is 31.9. The zero-order valence-electron chi connectivity index (χ0n) is 30.2. The molecule has 3 atom stereocenters. The van der Waals surface area contributed by atoms with Gasteiger partial charge in [0, 0.05) is 18.6 Å². The highest BCUT2D eigenvalue weighted by molar-refractivity contribution is 7.89. The van der Waals surface area contributed by atoms with Crippen LogP contribution in [0.2, 0.25) is 0 Å². The maximum Gasteiger partial charge on any atom is 0.243 e. The minimum absolute atomic E-state index is 0.0506. The first-order valence-electron chi connectivity index (χ1n) is 17.5. The summed E-state index contributed by atoms with van der Waals surface area (Å²) in [5, 5.41) is 21.2. The number of nitrogens with two attached hydrogens (primary N) is 1. The number of nitrogen functional groups attached to an aromatic ring is 1. The second-order valence-electron chi connectivity index (χ2n) is 15.1. The van der Waals surface area contributed by atoms with E-state index in [1.165, 1.54) is 39.9 Å². The van der Waals surface area contributed by atoms with Gasteiger partial charge in [-0.25, -0.2) is 17.8 Å². The van der Waals surface area contributed by atoms with Crippen molar-refractivity contribution in [3.63, 3.8) is 0 Å². The molecule has 0 spiro atoms. The first-order chi connectivity index (χ1) is 24.5. The average molecular weight is 753 g/mol. The van der Waals surface area contributed by atoms with Gasteiger partial charge >= 0.3 is 0 Å². The number of benzene rings is 3. The van der Waals surface area contributed by atoms with Crippen molar-refractivity contribution in [3.05, 3.63) is 89.7 Å². The highest BCUT2D eigenvalue weighted by Gasteiger charge is 2.45. The quantitative estimate of drug-likeness (QED) is 0.111. The first-order valence-corrected chi connectivity index (χ1v) is 19.7. The Bertz CT molecular complexity index is 1980. The second-order valence-corrected chi connectivity index (χ2v) is 18.1. The number of hydrogen-bond donors (Lipinski definition) is 5. The van der Waals surface area contributed by atoms with E-state index in [0.29, 0.717) is 15.3 Å². The number of thiazole rings is 1. The molecule has 11 nitrogen and oxygen atoms in total. The number of aliphatic hydroxyl groups is 1. The molecule has 0 radical (unpaired) electrons. The summed E-state index contributed by atoms with van der Waals surface area (Å²) in [7, 11) is -4.09. The Labute approximate surface area is 309 Å². The fraction of sp³-hybridized carbons (Fsp3) is 0.447. The number of sulfonamides is 1. The molecule has 1 aliphatic rings. The molecule has 1 saturated carbocycles. The Kier molecular flexibility index (Phi) is 12.1. The molecule has 1 aromatic heterocycles. The Hall–Kier alpha value is -3.95. The summed E-state index contributed by atoms with van der Waals surface area (Å²) >= 11 is 1.19. The number of aliphatic hydroxyl groups excluding tert-OH is 1. The van der Waals surface area contributed by atoms with Crippen LogP contribution in [-0.4, -0.2) is 72.4 Å². The third kappa shape index (κ3) is 9.72. The van der Waals surface area contributed by atoms with E-state index in [0.717, 1.165) is 24.0 Å². The molecular formula is C38H49FN6O5S2. The predicted octanol–water partition coefficient (Wildman–Crippen LogP) is 4.56. The molecule has 280 valence electrons. The lowest BCUT2D eigenvalue weighted by Gasteiger charge is -2.34. The molecule has 2 amide bonds. The molecule has 0 saturated heterocycles. The molecule has 1 heterocycles. The highest BCUT2D eigenvalue weighted by atomic mass is 32.2. The van der Waals surface area contributed by atoms with Crippen molar-refractivity contribution in [3.8, 4) is 0 Å². The number of rotatable bonds is 16. The number of carbonyl (C=O) groups is 2. The van der Waals surface area contributed by atoms with E-state index in [1.54, 1.807) is 12.1 Å². The molecule has 52 heavy (non-hydrogen) atoms. The molecule has 5 rings (SSSR count). The third-order valence-corrected chi connectivity index (χ3v) is 11.9. The van der Waals surface area contributed by atoms with E-state index >= 15 is 0 Å². The smallest absolute Gasteiger partial charge is 0.243 e. The van der Waals surface area contributed by atoms with Crippen LogP contribution in [0, 0.1) is 17.2 Å². The van der Waals surface area contributed by atoms with Gasteiger partial charge in [-0.2, -0.15) is 4.31 Å². The van der Waals surface area contributed by atoms with Crippen molar-refractivity contribution in [2.24, 2.45) is 11.3 Å². The number of hydrogen-bond acceptors (Lipinski definition) is 9. The van der Waals surface area contributed by atoms with Gasteiger partial charge in [-0.15, -0.1) is 0 Å². The summed E-state index contributed by atoms with van der Waals surface area (Å²) in [6.07, 6.45) is 0.394. The molecule has 14 heteroatoms. The summed E-state index contributed by atoms with van der Waals surface area (Å²) < 4.78 is 43.9. The number of aromatic nitrogens is 1. The van der Waals surface area contributed by atoms with Crippen LogP contribution < -0.4 is 21.7 Å². The van der Waals surface area contributed by atoms with Crippen LogP contribution in [0.1, 0.15) is 58.6 Å². The first kappa shape index (κ1) is 39.3. The standard InChI is InChI=1S/C38H49FN6O5S2/c1-24(2)22-45(52(49,50)28-14-15-29-32(20-28)51-36(40)43-29)23-31(46)30(18-25-10-7-6-8-11-25)42-35(48)34(37(3,4)5)44-33(47)21-41-38(16-17-38)26-12-9-13-27(39)19-26/h6-15,19-20,24,30-31,34,41,46H,16-18,21-23H2,1-5H3,(H2,40,43)(H,42,48)(H,44,47). The van der Waals surface area contributed by atoms with Crippen LogP contribution in [0.5, 0.6) is 0 Å². The van der Waals surface area contributed by atoms with Gasteiger partial charge in [0.15, 0.2) is 5.13 Å². The van der Waals surface area contributed by atoms with Crippen molar-refractivity contribution >= 4 is 48.5 Å². The van der Waals surface area contributed by atoms with Gasteiger partial charge < -0.3 is 21.5 Å². The van der Waals surface area contributed by atoms with Gasteiger partial charge in [0.1, 0.15) is 11.9 Å². The Morgan fingerprint density at radius 2 is 1.73 bits per heavy atom. The summed E-state index contributed by atoms with van der Waals surface area (Å²) in [6.45, 7) is 9.00. The van der Waals surface area contributed by atoms with Crippen molar-refractivity contribution in [1.82, 2.24) is 25.2 Å². The third-order valence-electron chi connectivity index (χ3n) is 9.21. The van der Waals surface area contributed by atoms with Gasteiger partial charge in [0.25, 0.3) is 0 Å². The number of nitrogens with one attached hydrogen (secondary N) is 3. The van der Waals surface area contributed by atoms with E-state index in [2.05, 4.69) is 20.9 Å². The number of amides is 2. The second kappa shape index (κ2) is 16.0. The van der Waals surface area contributed by atoms with Crippen molar-refractivity contribution in [2.45, 2.75) is 82.5 Å². The van der Waals surface area contributed by atoms with E-state index in [-0.39, 0.29) is 42.7 Å². The topological polar surface area (TPSA) is 167 Å². The van der Waals surface area contributed by atoms with Gasteiger partial charge in [-0.05, 0) is 72.1 Å². The molecular weight excluding hydrogens is 704 g/mol. The van der Waals surface area contributed by atoms with Gasteiger partial charge in [-0.1, -0.05) is 88.4 Å². The maximum atomic E-state index is 14.1. The van der Waals surface area contributed by atoms with E-state index in [4.69, 9.17) is 5.73 Å². The average Bonchev–Trinajstić information content (AvgIpc) is 3.78. The molecule has 3 unspecified atom stereocenters. The van der Waals surface area contributed by atoms with Gasteiger partial charge in [0.05, 0.1) is 33.8 Å². The van der Waals surface area contributed by atoms with E-state index < -0.39 is 51.0 Å². The molecule has 0 bridgehead atoms. The molecule has 0 aliphatic heterocycles. The lowest BCUT2D eigenvalue weighted by atomic mass is 9.85. The number of fused-ring (bicyclic) bond motifs is 1. The highest BCUT2D eigenvalue weighted by Crippen LogP contribution is 2.45. The van der Waals surface area contributed by atoms with Crippen LogP contribution in [0.4, 0.5) is 9.52 Å². The van der Waals surface area contributed by atoms with Crippen molar-refractivity contribution < 1.29 is 27.5 Å². The number of nitrogens with zero attached hydrogens (tertiary/aromatic N) is 2. The fourth-order valence-corrected chi connectivity index (χ4v) is 8.78. The molecule has 1 aliphatic carbocycles. The van der Waals surface area contributed by atoms with Crippen molar-refractivity contribution in [1.29, 1.82) is 0 Å². The Morgan fingerprint density at radius 3 is 2.37 bits per heavy atom. The maximum absolute atomic E-state index is 14.1. The van der Waals surface area contributed by atoms with Crippen LogP contribution in [0.15, 0.2) is 77.7 Å². The zero-order chi connectivity index (χ0) is 37.8. The number of anilines is 1. The minimum atomic E-state index is -4.09. The number of carbonyl (C=O) groups excluding carboxylic acids is 2. The van der Waals surface area contributed by atoms with E-state index in [9.17, 15) is 27.5 Å². The van der Waals surface area contributed by atoms with Crippen LogP contribution in [0.3, 0.4) is 0 Å². The summed E-state index contributed by atoms with van der Waals surface area (Å²) in [6, 6.07) is 18.3. The molecule has 3 aromatic carbocycles. The lowest BCUT2D eigenvalue weighted by molar-refractivity contribution is -0.132. The number of halogens is 1. The lowest BCUT2D eigenvalue weighted by Crippen LogP contribution is -2.59. The Morgan fingerprint density at radius 1 is 1.02 bits per heavy atom. The van der Waals surface area contributed by atoms with Crippen LogP contribution in [0.25, 0.3) is 10.2 Å². The molecule has 4 aromatic rings. The van der Waals surface area contributed by atoms with Gasteiger partial charge in [-0.3, -0.25) is 14.9 Å². The Balaban J connectivity index is 1.34. The van der Waals surface area contributed by atoms with Crippen molar-refractivity contribution in [2.75, 3.05) is 25.4 Å². The predicted molar refractivity (Wildman–Crippen MR) is 202 cm³/mol. The summed E-state index contributed by atoms with van der Waals surface area (Å²) in [5.41, 5.74) is 6.82.